The molecular formula is C25H25NO4. The van der Waals surface area contributed by atoms with Crippen LogP contribution in [0.15, 0.2) is 54.6 Å². The van der Waals surface area contributed by atoms with Crippen molar-refractivity contribution in [3.05, 3.63) is 88.0 Å². The van der Waals surface area contributed by atoms with Crippen LogP contribution in [-0.2, 0) is 11.3 Å². The van der Waals surface area contributed by atoms with Gasteiger partial charge in [0.2, 0.25) is 0 Å². The molecule has 3 aromatic carbocycles. The van der Waals surface area contributed by atoms with E-state index in [4.69, 9.17) is 4.74 Å². The van der Waals surface area contributed by atoms with Gasteiger partial charge in [0.1, 0.15) is 0 Å². The largest absolute Gasteiger partial charge is 0.465 e. The predicted molar refractivity (Wildman–Crippen MR) is 118 cm³/mol. The molecule has 0 aliphatic heterocycles. The molecule has 154 valence electrons. The van der Waals surface area contributed by atoms with E-state index in [2.05, 4.69) is 5.32 Å². The highest BCUT2D eigenvalue weighted by Crippen LogP contribution is 2.27. The van der Waals surface area contributed by atoms with Gasteiger partial charge in [0, 0.05) is 11.3 Å². The third kappa shape index (κ3) is 4.26. The lowest BCUT2D eigenvalue weighted by molar-refractivity contribution is 0.0599. The fourth-order valence-corrected chi connectivity index (χ4v) is 3.45. The third-order valence-electron chi connectivity index (χ3n) is 5.24. The standard InChI is InChI=1S/C25H25NO4/c1-15-8-10-20(19-7-5-6-18(12-19)14-27)13-22(15)24(28)26-23-16(2)9-11-21(17(23)3)25(29)30-4/h5-13,27H,14H2,1-4H3,(H,26,28). The van der Waals surface area contributed by atoms with Gasteiger partial charge in [-0.05, 0) is 72.4 Å². The zero-order valence-electron chi connectivity index (χ0n) is 17.6. The monoisotopic (exact) mass is 403 g/mol. The Kier molecular flexibility index (Phi) is 6.33. The van der Waals surface area contributed by atoms with Crippen LogP contribution >= 0.6 is 0 Å². The highest BCUT2D eigenvalue weighted by atomic mass is 16.5. The van der Waals surface area contributed by atoms with Crippen LogP contribution in [-0.4, -0.2) is 24.1 Å². The minimum absolute atomic E-state index is 0.0396. The summed E-state index contributed by atoms with van der Waals surface area (Å²) in [5.74, 6) is -0.689. The van der Waals surface area contributed by atoms with E-state index >= 15 is 0 Å². The fourth-order valence-electron chi connectivity index (χ4n) is 3.45. The Bertz CT molecular complexity index is 1120. The minimum Gasteiger partial charge on any atom is -0.465 e. The number of carbonyl (C=O) groups excluding carboxylic acids is 2. The van der Waals surface area contributed by atoms with Gasteiger partial charge in [0.25, 0.3) is 5.91 Å². The van der Waals surface area contributed by atoms with E-state index in [9.17, 15) is 14.7 Å². The molecule has 0 spiro atoms. The molecule has 3 rings (SSSR count). The Hall–Kier alpha value is -3.44. The van der Waals surface area contributed by atoms with Crippen LogP contribution in [0.1, 0.15) is 43.0 Å². The summed E-state index contributed by atoms with van der Waals surface area (Å²) < 4.78 is 4.83. The Balaban J connectivity index is 1.97. The van der Waals surface area contributed by atoms with Crippen molar-refractivity contribution in [1.82, 2.24) is 0 Å². The van der Waals surface area contributed by atoms with Gasteiger partial charge in [-0.3, -0.25) is 4.79 Å². The van der Waals surface area contributed by atoms with Crippen LogP contribution in [0, 0.1) is 20.8 Å². The summed E-state index contributed by atoms with van der Waals surface area (Å²) in [6, 6.07) is 16.8. The summed E-state index contributed by atoms with van der Waals surface area (Å²) in [7, 11) is 1.33. The summed E-state index contributed by atoms with van der Waals surface area (Å²) in [6.07, 6.45) is 0. The van der Waals surface area contributed by atoms with Crippen LogP contribution in [0.3, 0.4) is 0 Å². The molecule has 0 bridgehead atoms. The number of methoxy groups -OCH3 is 1. The molecule has 0 aliphatic carbocycles. The molecule has 0 radical (unpaired) electrons. The molecule has 2 N–H and O–H groups in total. The number of amides is 1. The van der Waals surface area contributed by atoms with E-state index in [0.717, 1.165) is 27.8 Å². The van der Waals surface area contributed by atoms with Crippen LogP contribution in [0.5, 0.6) is 0 Å². The first-order valence-electron chi connectivity index (χ1n) is 9.66. The zero-order chi connectivity index (χ0) is 21.8. The number of nitrogens with one attached hydrogen (secondary N) is 1. The lowest BCUT2D eigenvalue weighted by Gasteiger charge is -2.16. The fraction of sp³-hybridized carbons (Fsp3) is 0.200. The van der Waals surface area contributed by atoms with Crippen molar-refractivity contribution in [1.29, 1.82) is 0 Å². The minimum atomic E-state index is -0.440. The summed E-state index contributed by atoms with van der Waals surface area (Å²) in [5, 5.41) is 12.4. The van der Waals surface area contributed by atoms with E-state index in [0.29, 0.717) is 22.4 Å². The average molecular weight is 403 g/mol. The Labute approximate surface area is 176 Å². The maximum Gasteiger partial charge on any atom is 0.338 e. The third-order valence-corrected chi connectivity index (χ3v) is 5.24. The lowest BCUT2D eigenvalue weighted by Crippen LogP contribution is -2.16. The SMILES string of the molecule is COC(=O)c1ccc(C)c(NC(=O)c2cc(-c3cccc(CO)c3)ccc2C)c1C. The predicted octanol–water partition coefficient (Wildman–Crippen LogP) is 4.81. The number of carbonyl (C=O) groups is 2. The second kappa shape index (κ2) is 8.93. The Morgan fingerprint density at radius 1 is 0.900 bits per heavy atom. The topological polar surface area (TPSA) is 75.6 Å². The molecule has 30 heavy (non-hydrogen) atoms. The average Bonchev–Trinajstić information content (AvgIpc) is 2.76. The summed E-state index contributed by atoms with van der Waals surface area (Å²) >= 11 is 0. The molecular weight excluding hydrogens is 378 g/mol. The number of benzene rings is 3. The van der Waals surface area contributed by atoms with E-state index in [1.807, 2.05) is 56.3 Å². The van der Waals surface area contributed by atoms with Gasteiger partial charge in [0.15, 0.2) is 0 Å². The molecule has 1 amide bonds. The number of ether oxygens (including phenoxy) is 1. The smallest absolute Gasteiger partial charge is 0.338 e. The maximum atomic E-state index is 13.1. The van der Waals surface area contributed by atoms with Gasteiger partial charge in [-0.1, -0.05) is 36.4 Å². The normalized spacial score (nSPS) is 10.6. The molecule has 3 aromatic rings. The Morgan fingerprint density at radius 3 is 2.30 bits per heavy atom. The van der Waals surface area contributed by atoms with Crippen molar-refractivity contribution in [3.8, 4) is 11.1 Å². The molecule has 0 unspecified atom stereocenters. The second-order valence-corrected chi connectivity index (χ2v) is 7.26. The molecule has 0 heterocycles. The number of esters is 1. The van der Waals surface area contributed by atoms with Gasteiger partial charge in [-0.25, -0.2) is 4.79 Å². The molecule has 0 atom stereocenters. The highest BCUT2D eigenvalue weighted by molar-refractivity contribution is 6.07. The van der Waals surface area contributed by atoms with Crippen LogP contribution in [0.4, 0.5) is 5.69 Å². The number of aryl methyl sites for hydroxylation is 2. The van der Waals surface area contributed by atoms with Gasteiger partial charge in [-0.15, -0.1) is 0 Å². The summed E-state index contributed by atoms with van der Waals surface area (Å²) in [5.41, 5.74) is 6.56. The van der Waals surface area contributed by atoms with Gasteiger partial charge in [-0.2, -0.15) is 0 Å². The molecule has 0 aromatic heterocycles. The number of aliphatic hydroxyl groups is 1. The van der Waals surface area contributed by atoms with E-state index in [-0.39, 0.29) is 12.5 Å². The van der Waals surface area contributed by atoms with E-state index in [1.54, 1.807) is 19.1 Å². The van der Waals surface area contributed by atoms with Crippen LogP contribution < -0.4 is 5.32 Å². The van der Waals surface area contributed by atoms with Crippen molar-refractivity contribution in [2.75, 3.05) is 12.4 Å². The molecule has 5 heteroatoms. The van der Waals surface area contributed by atoms with Gasteiger partial charge < -0.3 is 15.2 Å². The summed E-state index contributed by atoms with van der Waals surface area (Å²) in [4.78, 5) is 25.1. The number of anilines is 1. The van der Waals surface area contributed by atoms with Gasteiger partial charge in [0.05, 0.1) is 19.3 Å². The highest BCUT2D eigenvalue weighted by Gasteiger charge is 2.18. The molecule has 5 nitrogen and oxygen atoms in total. The quantitative estimate of drug-likeness (QED) is 0.600. The first-order chi connectivity index (χ1) is 14.3. The number of rotatable bonds is 5. The molecule has 0 saturated heterocycles. The number of aliphatic hydroxyl groups excluding tert-OH is 1. The van der Waals surface area contributed by atoms with Crippen LogP contribution in [0.2, 0.25) is 0 Å². The number of hydrogen-bond donors (Lipinski definition) is 2. The van der Waals surface area contributed by atoms with Gasteiger partial charge >= 0.3 is 5.97 Å². The first kappa shape index (κ1) is 21.3. The Morgan fingerprint density at radius 2 is 1.60 bits per heavy atom. The van der Waals surface area contributed by atoms with Crippen molar-refractivity contribution in [2.45, 2.75) is 27.4 Å². The second-order valence-electron chi connectivity index (χ2n) is 7.26. The zero-order valence-corrected chi connectivity index (χ0v) is 17.6. The van der Waals surface area contributed by atoms with E-state index < -0.39 is 5.97 Å². The lowest BCUT2D eigenvalue weighted by atomic mass is 9.97. The summed E-state index contributed by atoms with van der Waals surface area (Å²) in [6.45, 7) is 5.52. The number of hydrogen-bond acceptors (Lipinski definition) is 4. The van der Waals surface area contributed by atoms with E-state index in [1.165, 1.54) is 7.11 Å². The molecule has 0 aliphatic rings. The van der Waals surface area contributed by atoms with Crippen molar-refractivity contribution < 1.29 is 19.4 Å². The first-order valence-corrected chi connectivity index (χ1v) is 9.66. The maximum absolute atomic E-state index is 13.1. The van der Waals surface area contributed by atoms with Crippen LogP contribution in [0.25, 0.3) is 11.1 Å². The molecule has 0 fully saturated rings. The molecule has 0 saturated carbocycles. The van der Waals surface area contributed by atoms with Crippen molar-refractivity contribution in [3.63, 3.8) is 0 Å². The van der Waals surface area contributed by atoms with Crippen molar-refractivity contribution in [2.24, 2.45) is 0 Å². The van der Waals surface area contributed by atoms with Crippen molar-refractivity contribution >= 4 is 17.6 Å².